The van der Waals surface area contributed by atoms with Crippen LogP contribution >= 0.6 is 23.2 Å². The summed E-state index contributed by atoms with van der Waals surface area (Å²) in [5.41, 5.74) is -0.184. The quantitative estimate of drug-likeness (QED) is 0.629. The van der Waals surface area contributed by atoms with E-state index in [1.54, 1.807) is 6.07 Å². The van der Waals surface area contributed by atoms with Crippen molar-refractivity contribution in [3.05, 3.63) is 56.7 Å². The number of ether oxygens (including phenoxy) is 1. The number of pyridine rings is 1. The van der Waals surface area contributed by atoms with Crippen LogP contribution in [0.4, 0.5) is 5.69 Å². The molecule has 0 amide bonds. The van der Waals surface area contributed by atoms with Crippen LogP contribution in [-0.2, 0) is 0 Å². The molecule has 1 aromatic heterocycles. The lowest BCUT2D eigenvalue weighted by molar-refractivity contribution is -0.385. The first-order valence-corrected chi connectivity index (χ1v) is 5.55. The van der Waals surface area contributed by atoms with Crippen LogP contribution in [0.1, 0.15) is 0 Å². The Morgan fingerprint density at radius 2 is 1.89 bits per heavy atom. The monoisotopic (exact) mass is 284 g/mol. The molecule has 0 atom stereocenters. The number of hydrogen-bond acceptors (Lipinski definition) is 4. The first-order chi connectivity index (χ1) is 8.56. The predicted octanol–water partition coefficient (Wildman–Crippen LogP) is 4.09. The molecule has 1 aromatic carbocycles. The van der Waals surface area contributed by atoms with Gasteiger partial charge in [-0.05, 0) is 12.1 Å². The Hall–Kier alpha value is -1.85. The summed E-state index contributed by atoms with van der Waals surface area (Å²) in [7, 11) is 0. The van der Waals surface area contributed by atoms with Gasteiger partial charge in [0.1, 0.15) is 0 Å². The maximum absolute atomic E-state index is 10.8. The van der Waals surface area contributed by atoms with E-state index in [0.717, 1.165) is 0 Å². The van der Waals surface area contributed by atoms with E-state index in [0.29, 0.717) is 10.0 Å². The summed E-state index contributed by atoms with van der Waals surface area (Å²) in [6, 6.07) is 7.12. The van der Waals surface area contributed by atoms with Gasteiger partial charge in [-0.2, -0.15) is 0 Å². The largest absolute Gasteiger partial charge is 0.432 e. The molecule has 0 saturated heterocycles. The Kier molecular flexibility index (Phi) is 3.64. The summed E-state index contributed by atoms with van der Waals surface area (Å²) in [6.45, 7) is 0. The van der Waals surface area contributed by atoms with Gasteiger partial charge in [0.05, 0.1) is 9.95 Å². The molecule has 92 valence electrons. The fourth-order valence-electron chi connectivity index (χ4n) is 1.26. The second kappa shape index (κ2) is 5.20. The third kappa shape index (κ3) is 2.88. The van der Waals surface area contributed by atoms with Gasteiger partial charge in [0.15, 0.2) is 0 Å². The second-order valence-electron chi connectivity index (χ2n) is 3.29. The van der Waals surface area contributed by atoms with Crippen LogP contribution in [0.3, 0.4) is 0 Å². The van der Waals surface area contributed by atoms with E-state index < -0.39 is 4.92 Å². The Morgan fingerprint density at radius 1 is 1.17 bits per heavy atom. The van der Waals surface area contributed by atoms with Crippen molar-refractivity contribution in [2.24, 2.45) is 0 Å². The topological polar surface area (TPSA) is 65.3 Å². The highest BCUT2D eigenvalue weighted by Gasteiger charge is 2.16. The third-order valence-electron chi connectivity index (χ3n) is 2.03. The maximum atomic E-state index is 10.8. The molecule has 0 unspecified atom stereocenters. The molecule has 0 aliphatic rings. The highest BCUT2D eigenvalue weighted by Crippen LogP contribution is 2.33. The minimum atomic E-state index is -0.554. The molecule has 0 N–H and O–H groups in total. The van der Waals surface area contributed by atoms with E-state index >= 15 is 0 Å². The average molecular weight is 285 g/mol. The molecule has 0 radical (unpaired) electrons. The highest BCUT2D eigenvalue weighted by atomic mass is 35.5. The number of hydrogen-bond donors (Lipinski definition) is 0. The number of halogens is 2. The van der Waals surface area contributed by atoms with Gasteiger partial charge in [-0.25, -0.2) is 4.98 Å². The van der Waals surface area contributed by atoms with Gasteiger partial charge in [0, 0.05) is 29.4 Å². The number of benzene rings is 1. The molecule has 0 saturated carbocycles. The van der Waals surface area contributed by atoms with Gasteiger partial charge < -0.3 is 4.74 Å². The normalized spacial score (nSPS) is 10.1. The van der Waals surface area contributed by atoms with Crippen molar-refractivity contribution in [3.8, 4) is 11.6 Å². The van der Waals surface area contributed by atoms with Gasteiger partial charge in [0.2, 0.25) is 11.6 Å². The second-order valence-corrected chi connectivity index (χ2v) is 4.16. The molecule has 18 heavy (non-hydrogen) atoms. The maximum Gasteiger partial charge on any atom is 0.311 e. The first kappa shape index (κ1) is 12.6. The fourth-order valence-corrected chi connectivity index (χ4v) is 1.53. The first-order valence-electron chi connectivity index (χ1n) is 4.79. The summed E-state index contributed by atoms with van der Waals surface area (Å²) in [6.07, 6.45) is 1.38. The van der Waals surface area contributed by atoms with Crippen LogP contribution in [0.25, 0.3) is 0 Å². The molecule has 0 bridgehead atoms. The number of nitrogens with zero attached hydrogens (tertiary/aromatic N) is 2. The van der Waals surface area contributed by atoms with E-state index in [2.05, 4.69) is 4.98 Å². The van der Waals surface area contributed by atoms with E-state index in [9.17, 15) is 10.1 Å². The Labute approximate surface area is 112 Å². The Balaban J connectivity index is 2.35. The van der Waals surface area contributed by atoms with Crippen LogP contribution in [0.2, 0.25) is 10.0 Å². The summed E-state index contributed by atoms with van der Waals surface area (Å²) in [5.74, 6) is 0.229. The van der Waals surface area contributed by atoms with Crippen LogP contribution in [0, 0.1) is 10.1 Å². The lowest BCUT2D eigenvalue weighted by atomic mass is 10.3. The summed E-state index contributed by atoms with van der Waals surface area (Å²) >= 11 is 11.4. The molecule has 0 aliphatic heterocycles. The van der Waals surface area contributed by atoms with Crippen LogP contribution in [0.15, 0.2) is 36.5 Å². The summed E-state index contributed by atoms with van der Waals surface area (Å²) in [4.78, 5) is 14.1. The Morgan fingerprint density at radius 3 is 2.50 bits per heavy atom. The lowest BCUT2D eigenvalue weighted by Crippen LogP contribution is -1.94. The highest BCUT2D eigenvalue weighted by molar-refractivity contribution is 6.31. The van der Waals surface area contributed by atoms with Gasteiger partial charge >= 0.3 is 5.69 Å². The molecule has 2 rings (SSSR count). The molecule has 7 heteroatoms. The number of rotatable bonds is 3. The van der Waals surface area contributed by atoms with Crippen molar-refractivity contribution in [3.63, 3.8) is 0 Å². The number of nitro benzene ring substituents is 1. The van der Waals surface area contributed by atoms with Gasteiger partial charge in [-0.3, -0.25) is 10.1 Å². The smallest absolute Gasteiger partial charge is 0.311 e. The van der Waals surface area contributed by atoms with Crippen molar-refractivity contribution >= 4 is 28.9 Å². The van der Waals surface area contributed by atoms with Gasteiger partial charge in [-0.15, -0.1) is 0 Å². The van der Waals surface area contributed by atoms with Gasteiger partial charge in [-0.1, -0.05) is 23.2 Å². The van der Waals surface area contributed by atoms with Crippen molar-refractivity contribution < 1.29 is 9.66 Å². The van der Waals surface area contributed by atoms with E-state index in [1.165, 1.54) is 30.5 Å². The summed E-state index contributed by atoms with van der Waals surface area (Å²) in [5, 5.41) is 11.6. The molecule has 1 heterocycles. The molecule has 2 aromatic rings. The zero-order valence-electron chi connectivity index (χ0n) is 8.84. The molecule has 0 spiro atoms. The minimum Gasteiger partial charge on any atom is -0.432 e. The molecular weight excluding hydrogens is 279 g/mol. The number of nitro groups is 1. The van der Waals surface area contributed by atoms with Gasteiger partial charge in [0.25, 0.3) is 0 Å². The third-order valence-corrected chi connectivity index (χ3v) is 2.49. The summed E-state index contributed by atoms with van der Waals surface area (Å²) < 4.78 is 5.31. The molecule has 0 aliphatic carbocycles. The van der Waals surface area contributed by atoms with Crippen molar-refractivity contribution in [2.45, 2.75) is 0 Å². The van der Waals surface area contributed by atoms with E-state index in [-0.39, 0.29) is 17.3 Å². The predicted molar refractivity (Wildman–Crippen MR) is 67.4 cm³/mol. The van der Waals surface area contributed by atoms with Crippen LogP contribution < -0.4 is 4.74 Å². The lowest BCUT2D eigenvalue weighted by Gasteiger charge is -2.05. The van der Waals surface area contributed by atoms with E-state index in [4.69, 9.17) is 27.9 Å². The van der Waals surface area contributed by atoms with Crippen LogP contribution in [0.5, 0.6) is 11.6 Å². The zero-order chi connectivity index (χ0) is 13.1. The standard InChI is InChI=1S/C11H6Cl2N2O3/c12-7-1-3-9(15(16)17)10(5-7)18-11-4-2-8(13)6-14-11/h1-6H. The average Bonchev–Trinajstić information content (AvgIpc) is 2.32. The minimum absolute atomic E-state index is 0.0299. The molecular formula is C11H6Cl2N2O3. The van der Waals surface area contributed by atoms with Crippen LogP contribution in [-0.4, -0.2) is 9.91 Å². The van der Waals surface area contributed by atoms with E-state index in [1.807, 2.05) is 0 Å². The SMILES string of the molecule is O=[N+]([O-])c1ccc(Cl)cc1Oc1ccc(Cl)cn1. The van der Waals surface area contributed by atoms with Crippen molar-refractivity contribution in [1.29, 1.82) is 0 Å². The van der Waals surface area contributed by atoms with Crippen molar-refractivity contribution in [2.75, 3.05) is 0 Å². The zero-order valence-corrected chi connectivity index (χ0v) is 10.4. The molecule has 5 nitrogen and oxygen atoms in total. The Bertz CT molecular complexity index is 587. The number of aromatic nitrogens is 1. The van der Waals surface area contributed by atoms with Crippen molar-refractivity contribution in [1.82, 2.24) is 4.98 Å². The molecule has 0 fully saturated rings. The fraction of sp³-hybridized carbons (Fsp3) is 0.